The first-order chi connectivity index (χ1) is 6.91. The van der Waals surface area contributed by atoms with Crippen molar-refractivity contribution in [1.82, 2.24) is 0 Å². The smallest absolute Gasteiger partial charge is 0.132 e. The van der Waals surface area contributed by atoms with Gasteiger partial charge < -0.3 is 9.84 Å². The molecule has 1 rings (SSSR count). The summed E-state index contributed by atoms with van der Waals surface area (Å²) in [5.74, 6) is 0.0207. The van der Waals surface area contributed by atoms with Gasteiger partial charge in [0.05, 0.1) is 19.3 Å². The molecule has 0 aliphatic rings. The Kier molecular flexibility index (Phi) is 3.35. The van der Waals surface area contributed by atoms with E-state index in [9.17, 15) is 4.39 Å². The Balaban J connectivity index is 3.42. The number of aliphatic hydroxyl groups is 1. The molecule has 0 saturated carbocycles. The lowest BCUT2D eigenvalue weighted by Crippen LogP contribution is -2.14. The molecule has 0 radical (unpaired) electrons. The van der Waals surface area contributed by atoms with Gasteiger partial charge in [0.2, 0.25) is 0 Å². The van der Waals surface area contributed by atoms with E-state index in [1.54, 1.807) is 6.07 Å². The lowest BCUT2D eigenvalue weighted by Gasteiger charge is -2.23. The number of methoxy groups -OCH3 is 1. The van der Waals surface area contributed by atoms with Crippen molar-refractivity contribution in [2.75, 3.05) is 7.11 Å². The summed E-state index contributed by atoms with van der Waals surface area (Å²) >= 11 is 0. The molecule has 1 aromatic carbocycles. The van der Waals surface area contributed by atoms with Crippen molar-refractivity contribution in [3.63, 3.8) is 0 Å². The molecule has 0 amide bonds. The molecule has 0 aromatic heterocycles. The van der Waals surface area contributed by atoms with Crippen LogP contribution < -0.4 is 4.74 Å². The number of halogens is 1. The predicted molar refractivity (Wildman–Crippen MR) is 57.6 cm³/mol. The quantitative estimate of drug-likeness (QED) is 0.816. The lowest BCUT2D eigenvalue weighted by atomic mass is 9.85. The largest absolute Gasteiger partial charge is 0.496 e. The Morgan fingerprint density at radius 2 is 1.93 bits per heavy atom. The van der Waals surface area contributed by atoms with Crippen LogP contribution in [0, 0.1) is 5.82 Å². The fourth-order valence-electron chi connectivity index (χ4n) is 1.57. The first-order valence-electron chi connectivity index (χ1n) is 4.88. The minimum Gasteiger partial charge on any atom is -0.496 e. The second-order valence-electron chi connectivity index (χ2n) is 4.51. The minimum atomic E-state index is -0.428. The van der Waals surface area contributed by atoms with Gasteiger partial charge in [0, 0.05) is 5.56 Å². The first-order valence-corrected chi connectivity index (χ1v) is 4.88. The predicted octanol–water partition coefficient (Wildman–Crippen LogP) is 2.62. The third-order valence-electron chi connectivity index (χ3n) is 2.37. The van der Waals surface area contributed by atoms with Gasteiger partial charge in [0.15, 0.2) is 0 Å². The molecule has 0 unspecified atom stereocenters. The van der Waals surface area contributed by atoms with Crippen LogP contribution in [-0.2, 0) is 12.0 Å². The second kappa shape index (κ2) is 4.19. The van der Waals surface area contributed by atoms with Gasteiger partial charge in [-0.25, -0.2) is 4.39 Å². The molecule has 3 heteroatoms. The number of ether oxygens (including phenoxy) is 1. The van der Waals surface area contributed by atoms with E-state index >= 15 is 0 Å². The van der Waals surface area contributed by atoms with Crippen molar-refractivity contribution in [1.29, 1.82) is 0 Å². The van der Waals surface area contributed by atoms with E-state index in [1.165, 1.54) is 13.2 Å². The molecular weight excluding hydrogens is 195 g/mol. The van der Waals surface area contributed by atoms with Gasteiger partial charge in [-0.05, 0) is 11.5 Å². The normalized spacial score (nSPS) is 11.6. The molecule has 0 heterocycles. The van der Waals surface area contributed by atoms with Crippen molar-refractivity contribution in [2.45, 2.75) is 32.8 Å². The van der Waals surface area contributed by atoms with E-state index in [0.717, 1.165) is 5.56 Å². The third kappa shape index (κ3) is 2.29. The maximum atomic E-state index is 13.4. The zero-order valence-electron chi connectivity index (χ0n) is 9.60. The minimum absolute atomic E-state index is 0.136. The summed E-state index contributed by atoms with van der Waals surface area (Å²) in [6.45, 7) is 5.71. The van der Waals surface area contributed by atoms with E-state index in [1.807, 2.05) is 20.8 Å². The number of benzene rings is 1. The van der Waals surface area contributed by atoms with Crippen molar-refractivity contribution in [3.05, 3.63) is 29.1 Å². The summed E-state index contributed by atoms with van der Waals surface area (Å²) in [5, 5.41) is 9.10. The average molecular weight is 212 g/mol. The van der Waals surface area contributed by atoms with E-state index in [0.29, 0.717) is 5.75 Å². The Bertz CT molecular complexity index is 353. The Hall–Kier alpha value is -1.09. The molecular formula is C12H17FO2. The van der Waals surface area contributed by atoms with Crippen molar-refractivity contribution in [3.8, 4) is 5.75 Å². The van der Waals surface area contributed by atoms with Gasteiger partial charge in [-0.1, -0.05) is 26.8 Å². The number of aliphatic hydroxyl groups excluding tert-OH is 1. The van der Waals surface area contributed by atoms with Crippen LogP contribution in [0.2, 0.25) is 0 Å². The Labute approximate surface area is 89.7 Å². The average Bonchev–Trinajstić information content (AvgIpc) is 2.15. The topological polar surface area (TPSA) is 29.5 Å². The SMILES string of the molecule is COc1c(C(C)(C)C)ccc(F)c1CO. The Morgan fingerprint density at radius 1 is 1.33 bits per heavy atom. The van der Waals surface area contributed by atoms with E-state index in [2.05, 4.69) is 0 Å². The molecule has 15 heavy (non-hydrogen) atoms. The van der Waals surface area contributed by atoms with E-state index < -0.39 is 5.82 Å². The monoisotopic (exact) mass is 212 g/mol. The molecule has 84 valence electrons. The maximum Gasteiger partial charge on any atom is 0.132 e. The van der Waals surface area contributed by atoms with Crippen LogP contribution in [0.3, 0.4) is 0 Å². The van der Waals surface area contributed by atoms with Crippen molar-refractivity contribution >= 4 is 0 Å². The highest BCUT2D eigenvalue weighted by Gasteiger charge is 2.22. The fourth-order valence-corrected chi connectivity index (χ4v) is 1.57. The van der Waals surface area contributed by atoms with E-state index in [4.69, 9.17) is 9.84 Å². The van der Waals surface area contributed by atoms with Gasteiger partial charge in [0.25, 0.3) is 0 Å². The summed E-state index contributed by atoms with van der Waals surface area (Å²) in [6.07, 6.45) is 0. The summed E-state index contributed by atoms with van der Waals surface area (Å²) in [7, 11) is 1.49. The summed E-state index contributed by atoms with van der Waals surface area (Å²) in [6, 6.07) is 3.07. The highest BCUT2D eigenvalue weighted by atomic mass is 19.1. The van der Waals surface area contributed by atoms with Crippen LogP contribution in [0.1, 0.15) is 31.9 Å². The molecule has 1 N–H and O–H groups in total. The second-order valence-corrected chi connectivity index (χ2v) is 4.51. The van der Waals surface area contributed by atoms with Crippen LogP contribution >= 0.6 is 0 Å². The highest BCUT2D eigenvalue weighted by Crippen LogP contribution is 2.35. The molecule has 2 nitrogen and oxygen atoms in total. The standard InChI is InChI=1S/C12H17FO2/c1-12(2,3)9-5-6-10(13)8(7-14)11(9)15-4/h5-6,14H,7H2,1-4H3. The number of rotatable bonds is 2. The molecule has 1 aromatic rings. The van der Waals surface area contributed by atoms with E-state index in [-0.39, 0.29) is 17.6 Å². The van der Waals surface area contributed by atoms with Gasteiger partial charge in [-0.3, -0.25) is 0 Å². The molecule has 0 aliphatic carbocycles. The van der Waals surface area contributed by atoms with Crippen LogP contribution in [0.5, 0.6) is 5.75 Å². The zero-order chi connectivity index (χ0) is 11.6. The summed E-state index contributed by atoms with van der Waals surface area (Å²) < 4.78 is 18.5. The van der Waals surface area contributed by atoms with Crippen LogP contribution in [0.4, 0.5) is 4.39 Å². The van der Waals surface area contributed by atoms with Gasteiger partial charge in [-0.2, -0.15) is 0 Å². The zero-order valence-corrected chi connectivity index (χ0v) is 9.60. The number of hydrogen-bond acceptors (Lipinski definition) is 2. The van der Waals surface area contributed by atoms with Crippen LogP contribution in [0.15, 0.2) is 12.1 Å². The molecule has 0 fully saturated rings. The van der Waals surface area contributed by atoms with Crippen LogP contribution in [-0.4, -0.2) is 12.2 Å². The highest BCUT2D eigenvalue weighted by molar-refractivity contribution is 5.45. The maximum absolute atomic E-state index is 13.4. The third-order valence-corrected chi connectivity index (χ3v) is 2.37. The first kappa shape index (κ1) is 12.0. The molecule has 0 spiro atoms. The molecule has 0 saturated heterocycles. The fraction of sp³-hybridized carbons (Fsp3) is 0.500. The van der Waals surface area contributed by atoms with Crippen molar-refractivity contribution < 1.29 is 14.2 Å². The number of hydrogen-bond donors (Lipinski definition) is 1. The molecule has 0 atom stereocenters. The van der Waals surface area contributed by atoms with Gasteiger partial charge in [0.1, 0.15) is 11.6 Å². The lowest BCUT2D eigenvalue weighted by molar-refractivity contribution is 0.265. The van der Waals surface area contributed by atoms with Crippen molar-refractivity contribution in [2.24, 2.45) is 0 Å². The Morgan fingerprint density at radius 3 is 2.33 bits per heavy atom. The van der Waals surface area contributed by atoms with Crippen LogP contribution in [0.25, 0.3) is 0 Å². The molecule has 0 bridgehead atoms. The van der Waals surface area contributed by atoms with Gasteiger partial charge in [-0.15, -0.1) is 0 Å². The van der Waals surface area contributed by atoms with Gasteiger partial charge >= 0.3 is 0 Å². The summed E-state index contributed by atoms with van der Waals surface area (Å²) in [4.78, 5) is 0. The molecule has 0 aliphatic heterocycles. The summed E-state index contributed by atoms with van der Waals surface area (Å²) in [5.41, 5.74) is 0.989.